The van der Waals surface area contributed by atoms with Gasteiger partial charge in [0.1, 0.15) is 5.82 Å². The third kappa shape index (κ3) is 2.22. The molecule has 0 saturated heterocycles. The average Bonchev–Trinajstić information content (AvgIpc) is 2.08. The number of nitrogens with zero attached hydrogens (tertiary/aromatic N) is 1. The SMILES string of the molecule is N#CCc1cc(C(F)F)ccc1F. The molecule has 0 N–H and O–H groups in total. The van der Waals surface area contributed by atoms with Gasteiger partial charge in [-0.1, -0.05) is 6.07 Å². The lowest BCUT2D eigenvalue weighted by molar-refractivity contribution is 0.151. The maximum Gasteiger partial charge on any atom is 0.263 e. The number of nitriles is 1. The van der Waals surface area contributed by atoms with Crippen LogP contribution in [-0.4, -0.2) is 0 Å². The molecule has 0 aromatic heterocycles. The van der Waals surface area contributed by atoms with Crippen LogP contribution in [0.5, 0.6) is 0 Å². The minimum absolute atomic E-state index is 0.0142. The molecular formula is C9H6F3N. The number of rotatable bonds is 2. The summed E-state index contributed by atoms with van der Waals surface area (Å²) in [6.45, 7) is 0. The summed E-state index contributed by atoms with van der Waals surface area (Å²) in [6, 6.07) is 4.69. The van der Waals surface area contributed by atoms with Gasteiger partial charge in [0.05, 0.1) is 12.5 Å². The number of hydrogen-bond acceptors (Lipinski definition) is 1. The van der Waals surface area contributed by atoms with Crippen molar-refractivity contribution in [1.82, 2.24) is 0 Å². The number of hydrogen-bond donors (Lipinski definition) is 0. The Kier molecular flexibility index (Phi) is 2.91. The topological polar surface area (TPSA) is 23.8 Å². The Balaban J connectivity index is 3.05. The summed E-state index contributed by atoms with van der Waals surface area (Å²) in [5.41, 5.74) is -0.244. The number of halogens is 3. The van der Waals surface area contributed by atoms with E-state index >= 15 is 0 Å². The molecule has 0 saturated carbocycles. The van der Waals surface area contributed by atoms with Crippen LogP contribution in [-0.2, 0) is 6.42 Å². The maximum atomic E-state index is 12.8. The predicted molar refractivity (Wildman–Crippen MR) is 40.7 cm³/mol. The van der Waals surface area contributed by atoms with E-state index in [0.29, 0.717) is 0 Å². The second-order valence-electron chi connectivity index (χ2n) is 2.49. The van der Waals surface area contributed by atoms with Crippen LogP contribution in [0.15, 0.2) is 18.2 Å². The molecule has 4 heteroatoms. The van der Waals surface area contributed by atoms with Crippen LogP contribution in [0.3, 0.4) is 0 Å². The van der Waals surface area contributed by atoms with Gasteiger partial charge in [-0.25, -0.2) is 13.2 Å². The van der Waals surface area contributed by atoms with Crippen molar-refractivity contribution in [3.05, 3.63) is 35.1 Å². The molecule has 0 aliphatic heterocycles. The summed E-state index contributed by atoms with van der Waals surface area (Å²) < 4.78 is 37.1. The van der Waals surface area contributed by atoms with Crippen molar-refractivity contribution >= 4 is 0 Å². The van der Waals surface area contributed by atoms with Gasteiger partial charge < -0.3 is 0 Å². The monoisotopic (exact) mass is 185 g/mol. The van der Waals surface area contributed by atoms with Crippen LogP contribution in [0.4, 0.5) is 13.2 Å². The van der Waals surface area contributed by atoms with Crippen molar-refractivity contribution in [2.45, 2.75) is 12.8 Å². The highest BCUT2D eigenvalue weighted by molar-refractivity contribution is 5.27. The van der Waals surface area contributed by atoms with Gasteiger partial charge in [0.15, 0.2) is 0 Å². The van der Waals surface area contributed by atoms with Gasteiger partial charge in [0.25, 0.3) is 6.43 Å². The Hall–Kier alpha value is -1.50. The van der Waals surface area contributed by atoms with Crippen LogP contribution in [0.25, 0.3) is 0 Å². The second kappa shape index (κ2) is 3.94. The van der Waals surface area contributed by atoms with E-state index in [2.05, 4.69) is 0 Å². The first-order valence-corrected chi connectivity index (χ1v) is 3.58. The van der Waals surface area contributed by atoms with Crippen molar-refractivity contribution in [3.8, 4) is 6.07 Å². The Morgan fingerprint density at radius 1 is 1.38 bits per heavy atom. The van der Waals surface area contributed by atoms with E-state index in [1.165, 1.54) is 0 Å². The Morgan fingerprint density at radius 3 is 2.62 bits per heavy atom. The maximum absolute atomic E-state index is 12.8. The summed E-state index contributed by atoms with van der Waals surface area (Å²) in [5, 5.41) is 8.27. The van der Waals surface area contributed by atoms with Gasteiger partial charge in [-0.3, -0.25) is 0 Å². The predicted octanol–water partition coefficient (Wildman–Crippen LogP) is 2.83. The van der Waals surface area contributed by atoms with Crippen LogP contribution >= 0.6 is 0 Å². The third-order valence-corrected chi connectivity index (χ3v) is 1.59. The highest BCUT2D eigenvalue weighted by Gasteiger charge is 2.10. The molecule has 0 unspecified atom stereocenters. The van der Waals surface area contributed by atoms with Crippen molar-refractivity contribution in [2.24, 2.45) is 0 Å². The van der Waals surface area contributed by atoms with Gasteiger partial charge in [-0.05, 0) is 12.1 Å². The van der Waals surface area contributed by atoms with E-state index in [9.17, 15) is 13.2 Å². The summed E-state index contributed by atoms with van der Waals surface area (Å²) in [6.07, 6.45) is -2.81. The lowest BCUT2D eigenvalue weighted by atomic mass is 10.1. The van der Waals surface area contributed by atoms with Crippen molar-refractivity contribution in [3.63, 3.8) is 0 Å². The molecule has 13 heavy (non-hydrogen) atoms. The van der Waals surface area contributed by atoms with Gasteiger partial charge in [0, 0.05) is 11.1 Å². The minimum atomic E-state index is -2.63. The fourth-order valence-electron chi connectivity index (χ4n) is 0.951. The van der Waals surface area contributed by atoms with Crippen molar-refractivity contribution < 1.29 is 13.2 Å². The zero-order chi connectivity index (χ0) is 9.84. The quantitative estimate of drug-likeness (QED) is 0.694. The van der Waals surface area contributed by atoms with Gasteiger partial charge in [0.2, 0.25) is 0 Å². The Morgan fingerprint density at radius 2 is 2.08 bits per heavy atom. The van der Waals surface area contributed by atoms with Crippen molar-refractivity contribution in [1.29, 1.82) is 5.26 Å². The molecule has 0 aliphatic carbocycles. The van der Waals surface area contributed by atoms with E-state index < -0.39 is 12.2 Å². The smallest absolute Gasteiger partial charge is 0.207 e. The molecule has 0 aliphatic rings. The van der Waals surface area contributed by atoms with Gasteiger partial charge >= 0.3 is 0 Å². The third-order valence-electron chi connectivity index (χ3n) is 1.59. The molecule has 0 fully saturated rings. The molecule has 68 valence electrons. The first-order valence-electron chi connectivity index (χ1n) is 3.58. The molecule has 0 heterocycles. The molecule has 0 amide bonds. The van der Waals surface area contributed by atoms with Crippen LogP contribution in [0, 0.1) is 17.1 Å². The molecule has 0 atom stereocenters. The Bertz CT molecular complexity index is 341. The molecule has 0 radical (unpaired) electrons. The van der Waals surface area contributed by atoms with Gasteiger partial charge in [-0.2, -0.15) is 5.26 Å². The summed E-state index contributed by atoms with van der Waals surface area (Å²) in [5.74, 6) is -0.619. The molecule has 1 rings (SSSR count). The first-order chi connectivity index (χ1) is 6.15. The highest BCUT2D eigenvalue weighted by Crippen LogP contribution is 2.21. The first kappa shape index (κ1) is 9.59. The Labute approximate surface area is 73.4 Å². The largest absolute Gasteiger partial charge is 0.263 e. The zero-order valence-electron chi connectivity index (χ0n) is 6.60. The minimum Gasteiger partial charge on any atom is -0.207 e. The number of alkyl halides is 2. The second-order valence-corrected chi connectivity index (χ2v) is 2.49. The molecule has 1 aromatic rings. The summed E-state index contributed by atoms with van der Waals surface area (Å²) >= 11 is 0. The van der Waals surface area contributed by atoms with Crippen LogP contribution in [0.1, 0.15) is 17.6 Å². The molecular weight excluding hydrogens is 179 g/mol. The van der Waals surface area contributed by atoms with E-state index in [1.54, 1.807) is 6.07 Å². The standard InChI is InChI=1S/C9H6F3N/c10-8-2-1-7(9(11)12)5-6(8)3-4-13/h1-2,5,9H,3H2. The van der Waals surface area contributed by atoms with E-state index in [0.717, 1.165) is 18.2 Å². The lowest BCUT2D eigenvalue weighted by Crippen LogP contribution is -1.92. The van der Waals surface area contributed by atoms with Crippen LogP contribution < -0.4 is 0 Å². The lowest BCUT2D eigenvalue weighted by Gasteiger charge is -2.02. The molecule has 1 nitrogen and oxygen atoms in total. The molecule has 1 aromatic carbocycles. The molecule has 0 spiro atoms. The highest BCUT2D eigenvalue weighted by atomic mass is 19.3. The van der Waals surface area contributed by atoms with E-state index in [4.69, 9.17) is 5.26 Å². The normalized spacial score (nSPS) is 10.1. The zero-order valence-corrected chi connectivity index (χ0v) is 6.60. The number of benzene rings is 1. The molecule has 0 bridgehead atoms. The van der Waals surface area contributed by atoms with Gasteiger partial charge in [-0.15, -0.1) is 0 Å². The van der Waals surface area contributed by atoms with E-state index in [-0.39, 0.29) is 17.5 Å². The van der Waals surface area contributed by atoms with Crippen LogP contribution in [0.2, 0.25) is 0 Å². The summed E-state index contributed by atoms with van der Waals surface area (Å²) in [4.78, 5) is 0. The van der Waals surface area contributed by atoms with E-state index in [1.807, 2.05) is 0 Å². The average molecular weight is 185 g/mol. The fraction of sp³-hybridized carbons (Fsp3) is 0.222. The summed E-state index contributed by atoms with van der Waals surface area (Å²) in [7, 11) is 0. The van der Waals surface area contributed by atoms with Crippen molar-refractivity contribution in [2.75, 3.05) is 0 Å². The fourth-order valence-corrected chi connectivity index (χ4v) is 0.951.